The molecule has 166 valence electrons. The average Bonchev–Trinajstić information content (AvgIpc) is 3.48. The lowest BCUT2D eigenvalue weighted by molar-refractivity contribution is 0.215. The van der Waals surface area contributed by atoms with E-state index >= 15 is 0 Å². The van der Waals surface area contributed by atoms with Crippen molar-refractivity contribution in [2.24, 2.45) is 17.2 Å². The van der Waals surface area contributed by atoms with E-state index in [0.717, 1.165) is 11.5 Å². The average molecular weight is 415 g/mol. The van der Waals surface area contributed by atoms with Crippen LogP contribution in [0.2, 0.25) is 0 Å². The summed E-state index contributed by atoms with van der Waals surface area (Å²) in [6.45, 7) is 1.000. The fourth-order valence-corrected chi connectivity index (χ4v) is 1.85. The maximum atomic E-state index is 8.51. The molecule has 0 atom stereocenters. The Hall–Kier alpha value is -2.44. The molecular weight excluding hydrogens is 380 g/mol. The summed E-state index contributed by atoms with van der Waals surface area (Å²) in [5, 5.41) is 25.5. The second-order valence-corrected chi connectivity index (χ2v) is 5.19. The van der Waals surface area contributed by atoms with Crippen molar-refractivity contribution in [3.8, 4) is 0 Å². The van der Waals surface area contributed by atoms with Gasteiger partial charge in [-0.2, -0.15) is 0 Å². The van der Waals surface area contributed by atoms with Crippen LogP contribution in [0, 0.1) is 0 Å². The quantitative estimate of drug-likeness (QED) is 0.308. The topological polar surface area (TPSA) is 213 Å². The minimum Gasteiger partial charge on any atom is -0.463 e. The molecule has 3 rings (SSSR count). The molecule has 0 spiro atoms. The number of aliphatic hydroxyl groups is 3. The van der Waals surface area contributed by atoms with E-state index < -0.39 is 0 Å². The van der Waals surface area contributed by atoms with Gasteiger partial charge in [0.15, 0.2) is 0 Å². The summed E-state index contributed by atoms with van der Waals surface area (Å²) in [5.41, 5.74) is 15.8. The first-order valence-electron chi connectivity index (χ1n) is 8.25. The molecule has 0 amide bonds. The van der Waals surface area contributed by atoms with E-state index in [1.165, 1.54) is 0 Å². The van der Waals surface area contributed by atoms with Gasteiger partial charge in [0.05, 0.1) is 19.6 Å². The van der Waals surface area contributed by atoms with Crippen LogP contribution in [0.15, 0.2) is 49.6 Å². The third-order valence-electron chi connectivity index (χ3n) is 3.22. The highest BCUT2D eigenvalue weighted by Gasteiger charge is 1.97. The number of rotatable bonds is 6. The molecule has 0 radical (unpaired) electrons. The molecule has 0 bridgehead atoms. The molecule has 0 saturated carbocycles. The van der Waals surface area contributed by atoms with Crippen molar-refractivity contribution in [1.82, 2.24) is 6.15 Å². The third kappa shape index (κ3) is 10.6. The number of furan rings is 3. The second-order valence-electron chi connectivity index (χ2n) is 5.19. The summed E-state index contributed by atoms with van der Waals surface area (Å²) in [7, 11) is 0. The lowest BCUT2D eigenvalue weighted by Gasteiger charge is -1.87. The first-order valence-corrected chi connectivity index (χ1v) is 8.25. The van der Waals surface area contributed by atoms with Gasteiger partial charge in [0.25, 0.3) is 0 Å². The van der Waals surface area contributed by atoms with Crippen LogP contribution in [0.1, 0.15) is 42.0 Å². The molecule has 0 fully saturated rings. The second kappa shape index (κ2) is 16.5. The summed E-state index contributed by atoms with van der Waals surface area (Å²) >= 11 is 0. The monoisotopic (exact) mass is 414 g/mol. The van der Waals surface area contributed by atoms with Gasteiger partial charge in [-0.05, 0) is 36.4 Å². The fourth-order valence-electron chi connectivity index (χ4n) is 1.85. The van der Waals surface area contributed by atoms with Gasteiger partial charge in [-0.1, -0.05) is 7.43 Å². The molecule has 29 heavy (non-hydrogen) atoms. The summed E-state index contributed by atoms with van der Waals surface area (Å²) in [4.78, 5) is 0. The Morgan fingerprint density at radius 2 is 0.724 bits per heavy atom. The van der Waals surface area contributed by atoms with E-state index in [-0.39, 0.29) is 33.4 Å². The first kappa shape index (κ1) is 28.8. The SMILES string of the molecule is C.N.NCc1ccc(CN)o1.NCc1ccc(CO)o1.OCc1ccc(CO)o1. The number of hydrogen-bond donors (Lipinski definition) is 7. The Kier molecular flexibility index (Phi) is 16.4. The summed E-state index contributed by atoms with van der Waals surface area (Å²) in [5.74, 6) is 3.82. The molecule has 3 heterocycles. The van der Waals surface area contributed by atoms with Crippen molar-refractivity contribution in [2.75, 3.05) is 0 Å². The van der Waals surface area contributed by atoms with E-state index in [2.05, 4.69) is 0 Å². The highest BCUT2D eigenvalue weighted by molar-refractivity contribution is 5.06. The highest BCUT2D eigenvalue weighted by Crippen LogP contribution is 2.07. The van der Waals surface area contributed by atoms with Gasteiger partial charge >= 0.3 is 0 Å². The first-order chi connectivity index (χ1) is 13.1. The fraction of sp³-hybridized carbons (Fsp3) is 0.368. The van der Waals surface area contributed by atoms with E-state index in [4.69, 9.17) is 45.8 Å². The highest BCUT2D eigenvalue weighted by atomic mass is 16.4. The Labute approximate surface area is 170 Å². The van der Waals surface area contributed by atoms with Crippen molar-refractivity contribution >= 4 is 0 Å². The number of nitrogens with two attached hydrogens (primary N) is 3. The van der Waals surface area contributed by atoms with Crippen molar-refractivity contribution in [2.45, 2.75) is 46.9 Å². The lowest BCUT2D eigenvalue weighted by atomic mass is 10.4. The third-order valence-corrected chi connectivity index (χ3v) is 3.22. The van der Waals surface area contributed by atoms with Gasteiger partial charge in [-0.3, -0.25) is 0 Å². The Morgan fingerprint density at radius 1 is 0.517 bits per heavy atom. The zero-order chi connectivity index (χ0) is 20.1. The van der Waals surface area contributed by atoms with Gasteiger partial charge in [0.1, 0.15) is 54.4 Å². The Bertz CT molecular complexity index is 597. The zero-order valence-corrected chi connectivity index (χ0v) is 15.7. The van der Waals surface area contributed by atoms with Crippen molar-refractivity contribution < 1.29 is 28.6 Å². The molecule has 0 aliphatic heterocycles. The number of aliphatic hydroxyl groups excluding tert-OH is 3. The molecule has 0 saturated heterocycles. The van der Waals surface area contributed by atoms with Crippen LogP contribution in [0.4, 0.5) is 0 Å². The lowest BCUT2D eigenvalue weighted by Crippen LogP contribution is -1.95. The summed E-state index contributed by atoms with van der Waals surface area (Å²) < 4.78 is 15.0. The van der Waals surface area contributed by atoms with Crippen LogP contribution in [-0.4, -0.2) is 15.3 Å². The predicted octanol–water partition coefficient (Wildman–Crippen LogP) is 1.49. The molecule has 0 aliphatic carbocycles. The number of hydrogen-bond acceptors (Lipinski definition) is 10. The minimum absolute atomic E-state index is 0. The van der Waals surface area contributed by atoms with Gasteiger partial charge in [-0.15, -0.1) is 0 Å². The maximum absolute atomic E-state index is 8.51. The van der Waals surface area contributed by atoms with Crippen molar-refractivity contribution in [3.63, 3.8) is 0 Å². The molecular formula is C19H34N4O6. The normalized spacial score (nSPS) is 9.31. The molecule has 0 aliphatic rings. The van der Waals surface area contributed by atoms with Gasteiger partial charge in [-0.25, -0.2) is 0 Å². The van der Waals surface area contributed by atoms with Crippen LogP contribution in [-0.2, 0) is 39.5 Å². The minimum atomic E-state index is -0.111. The molecule has 0 aromatic carbocycles. The molecule has 10 nitrogen and oxygen atoms in total. The van der Waals surface area contributed by atoms with E-state index in [1.807, 2.05) is 12.1 Å². The van der Waals surface area contributed by atoms with Crippen molar-refractivity contribution in [3.05, 3.63) is 71.0 Å². The van der Waals surface area contributed by atoms with Gasteiger partial charge in [0.2, 0.25) is 0 Å². The van der Waals surface area contributed by atoms with E-state index in [1.54, 1.807) is 24.3 Å². The van der Waals surface area contributed by atoms with Crippen LogP contribution < -0.4 is 23.4 Å². The predicted molar refractivity (Wildman–Crippen MR) is 109 cm³/mol. The van der Waals surface area contributed by atoms with Crippen LogP contribution in [0.5, 0.6) is 0 Å². The Morgan fingerprint density at radius 3 is 0.897 bits per heavy atom. The smallest absolute Gasteiger partial charge is 0.129 e. The molecule has 10 heteroatoms. The summed E-state index contributed by atoms with van der Waals surface area (Å²) in [6.07, 6.45) is 0. The zero-order valence-electron chi connectivity index (χ0n) is 15.7. The molecule has 3 aromatic heterocycles. The Balaban J connectivity index is 0. The van der Waals surface area contributed by atoms with E-state index in [9.17, 15) is 0 Å². The maximum Gasteiger partial charge on any atom is 0.129 e. The molecule has 0 unspecified atom stereocenters. The van der Waals surface area contributed by atoms with Crippen LogP contribution in [0.3, 0.4) is 0 Å². The summed E-state index contributed by atoms with van der Waals surface area (Å²) in [6, 6.07) is 10.4. The van der Waals surface area contributed by atoms with Crippen LogP contribution in [0.25, 0.3) is 0 Å². The molecule has 12 N–H and O–H groups in total. The van der Waals surface area contributed by atoms with Crippen LogP contribution >= 0.6 is 0 Å². The van der Waals surface area contributed by atoms with Gasteiger partial charge in [0, 0.05) is 0 Å². The van der Waals surface area contributed by atoms with E-state index in [0.29, 0.717) is 42.7 Å². The largest absolute Gasteiger partial charge is 0.463 e. The van der Waals surface area contributed by atoms with Crippen molar-refractivity contribution in [1.29, 1.82) is 0 Å². The van der Waals surface area contributed by atoms with Gasteiger partial charge < -0.3 is 51.9 Å². The standard InChI is InChI=1S/C6H10N2O.C6H9NO2.C6H8O3.CH4.H3N/c3*7-3-5-1-2-6(4-8)9-5;;/h1-2H,3-4,7-8H2;1-2,8H,3-4,7H2;1-2,7-8H,3-4H2;1H4;1H3. The molecule has 3 aromatic rings.